The molecule has 6 nitrogen and oxygen atoms in total. The van der Waals surface area contributed by atoms with E-state index in [4.69, 9.17) is 9.47 Å². The molecule has 3 amide bonds. The van der Waals surface area contributed by atoms with Gasteiger partial charge in [0.2, 0.25) is 0 Å². The number of rotatable bonds is 7. The third kappa shape index (κ3) is 5.13. The van der Waals surface area contributed by atoms with Crippen molar-refractivity contribution in [1.82, 2.24) is 10.2 Å². The highest BCUT2D eigenvalue weighted by Gasteiger charge is 2.33. The molecule has 1 heterocycles. The molecule has 0 bridgehead atoms. The number of hydrogen-bond acceptors (Lipinski definition) is 4. The van der Waals surface area contributed by atoms with E-state index in [1.807, 2.05) is 64.1 Å². The predicted octanol–water partition coefficient (Wildman–Crippen LogP) is 4.88. The number of halogens is 1. The fourth-order valence-electron chi connectivity index (χ4n) is 3.16. The zero-order valence-corrected chi connectivity index (χ0v) is 19.6. The Labute approximate surface area is 190 Å². The van der Waals surface area contributed by atoms with Gasteiger partial charge in [-0.15, -0.1) is 0 Å². The van der Waals surface area contributed by atoms with Crippen molar-refractivity contribution in [3.8, 4) is 11.5 Å². The molecule has 0 aromatic heterocycles. The monoisotopic (exact) mass is 520 g/mol. The van der Waals surface area contributed by atoms with Crippen LogP contribution in [-0.4, -0.2) is 29.5 Å². The predicted molar refractivity (Wildman–Crippen MR) is 124 cm³/mol. The lowest BCUT2D eigenvalue weighted by Gasteiger charge is -2.17. The zero-order chi connectivity index (χ0) is 21.8. The summed E-state index contributed by atoms with van der Waals surface area (Å²) in [5.74, 6) is 0.938. The molecule has 0 spiro atoms. The van der Waals surface area contributed by atoms with Crippen molar-refractivity contribution in [3.05, 3.63) is 62.4 Å². The molecule has 1 N–H and O–H groups in total. The molecule has 0 radical (unpaired) electrons. The van der Waals surface area contributed by atoms with E-state index in [2.05, 4.69) is 27.9 Å². The highest BCUT2D eigenvalue weighted by Crippen LogP contribution is 2.35. The van der Waals surface area contributed by atoms with Gasteiger partial charge in [-0.2, -0.15) is 0 Å². The van der Waals surface area contributed by atoms with Crippen LogP contribution >= 0.6 is 22.6 Å². The van der Waals surface area contributed by atoms with Crippen molar-refractivity contribution in [1.29, 1.82) is 0 Å². The Kier molecular flexibility index (Phi) is 7.02. The number of ether oxygens (including phenoxy) is 2. The minimum Gasteiger partial charge on any atom is -0.490 e. The van der Waals surface area contributed by atoms with Crippen LogP contribution in [0.15, 0.2) is 42.1 Å². The SMILES string of the molecule is CCOc1cc(/C=C2/NC(=O)N(Cc3cccc(C)c3)C2=O)cc(I)c1OC(C)C. The van der Waals surface area contributed by atoms with Gasteiger partial charge in [0.1, 0.15) is 5.70 Å². The third-order valence-corrected chi connectivity index (χ3v) is 5.18. The van der Waals surface area contributed by atoms with Gasteiger partial charge in [-0.05, 0) is 79.6 Å². The van der Waals surface area contributed by atoms with Gasteiger partial charge in [-0.25, -0.2) is 4.79 Å². The third-order valence-electron chi connectivity index (χ3n) is 4.38. The largest absolute Gasteiger partial charge is 0.490 e. The molecule has 1 aliphatic rings. The Morgan fingerprint density at radius 3 is 2.63 bits per heavy atom. The van der Waals surface area contributed by atoms with Gasteiger partial charge in [0.25, 0.3) is 5.91 Å². The molecule has 2 aromatic carbocycles. The Bertz CT molecular complexity index is 1000. The van der Waals surface area contributed by atoms with Gasteiger partial charge in [0.15, 0.2) is 11.5 Å². The highest BCUT2D eigenvalue weighted by molar-refractivity contribution is 14.1. The summed E-state index contributed by atoms with van der Waals surface area (Å²) in [6.07, 6.45) is 1.67. The van der Waals surface area contributed by atoms with E-state index < -0.39 is 6.03 Å². The van der Waals surface area contributed by atoms with Crippen LogP contribution in [0, 0.1) is 10.5 Å². The molecular formula is C23H25IN2O4. The number of aryl methyl sites for hydroxylation is 1. The van der Waals surface area contributed by atoms with Crippen molar-refractivity contribution >= 4 is 40.6 Å². The van der Waals surface area contributed by atoms with E-state index in [9.17, 15) is 9.59 Å². The van der Waals surface area contributed by atoms with Gasteiger partial charge in [-0.3, -0.25) is 9.69 Å². The molecule has 0 atom stereocenters. The quantitative estimate of drug-likeness (QED) is 0.321. The maximum Gasteiger partial charge on any atom is 0.329 e. The minimum absolute atomic E-state index is 0.00723. The Morgan fingerprint density at radius 2 is 1.97 bits per heavy atom. The molecule has 1 aliphatic heterocycles. The molecule has 7 heteroatoms. The molecule has 2 aromatic rings. The summed E-state index contributed by atoms with van der Waals surface area (Å²) < 4.78 is 12.5. The maximum absolute atomic E-state index is 12.8. The molecule has 0 unspecified atom stereocenters. The summed E-state index contributed by atoms with van der Waals surface area (Å²) in [6, 6.07) is 11.1. The van der Waals surface area contributed by atoms with Crippen LogP contribution in [0.4, 0.5) is 4.79 Å². The summed E-state index contributed by atoms with van der Waals surface area (Å²) in [5.41, 5.74) is 2.98. The number of nitrogens with zero attached hydrogens (tertiary/aromatic N) is 1. The van der Waals surface area contributed by atoms with E-state index in [1.165, 1.54) is 4.90 Å². The van der Waals surface area contributed by atoms with Crippen LogP contribution in [0.25, 0.3) is 6.08 Å². The van der Waals surface area contributed by atoms with E-state index in [1.54, 1.807) is 6.08 Å². The van der Waals surface area contributed by atoms with Gasteiger partial charge in [0.05, 0.1) is 22.8 Å². The molecule has 3 rings (SSSR count). The van der Waals surface area contributed by atoms with E-state index in [0.717, 1.165) is 20.3 Å². The number of amides is 3. The van der Waals surface area contributed by atoms with Crippen molar-refractivity contribution in [2.45, 2.75) is 40.3 Å². The normalized spacial score (nSPS) is 15.1. The topological polar surface area (TPSA) is 67.9 Å². The number of imide groups is 1. The van der Waals surface area contributed by atoms with Crippen molar-refractivity contribution in [2.75, 3.05) is 6.61 Å². The fraction of sp³-hybridized carbons (Fsp3) is 0.304. The highest BCUT2D eigenvalue weighted by atomic mass is 127. The van der Waals surface area contributed by atoms with Crippen LogP contribution < -0.4 is 14.8 Å². The lowest BCUT2D eigenvalue weighted by atomic mass is 10.1. The second-order valence-electron chi connectivity index (χ2n) is 7.30. The first-order chi connectivity index (χ1) is 14.3. The van der Waals surface area contributed by atoms with E-state index in [0.29, 0.717) is 18.1 Å². The molecule has 0 aliphatic carbocycles. The molecule has 1 fully saturated rings. The number of hydrogen-bond donors (Lipinski definition) is 1. The summed E-state index contributed by atoms with van der Waals surface area (Å²) >= 11 is 2.19. The van der Waals surface area contributed by atoms with Crippen LogP contribution in [0.1, 0.15) is 37.5 Å². The summed E-state index contributed by atoms with van der Waals surface area (Å²) in [4.78, 5) is 26.4. The fourth-order valence-corrected chi connectivity index (χ4v) is 3.91. The Hall–Kier alpha value is -2.55. The van der Waals surface area contributed by atoms with Crippen LogP contribution in [0.2, 0.25) is 0 Å². The van der Waals surface area contributed by atoms with Gasteiger partial charge < -0.3 is 14.8 Å². The van der Waals surface area contributed by atoms with E-state index in [-0.39, 0.29) is 24.3 Å². The summed E-state index contributed by atoms with van der Waals surface area (Å²) in [5, 5.41) is 2.68. The second-order valence-corrected chi connectivity index (χ2v) is 8.46. The minimum atomic E-state index is -0.424. The average Bonchev–Trinajstić information content (AvgIpc) is 2.92. The average molecular weight is 520 g/mol. The number of urea groups is 1. The number of carbonyl (C=O) groups is 2. The van der Waals surface area contributed by atoms with Crippen LogP contribution in [0.5, 0.6) is 11.5 Å². The molecule has 1 saturated heterocycles. The Morgan fingerprint density at radius 1 is 1.20 bits per heavy atom. The van der Waals surface area contributed by atoms with Crippen molar-refractivity contribution in [3.63, 3.8) is 0 Å². The molecule has 0 saturated carbocycles. The maximum atomic E-state index is 12.8. The number of carbonyl (C=O) groups excluding carboxylic acids is 2. The smallest absolute Gasteiger partial charge is 0.329 e. The van der Waals surface area contributed by atoms with Crippen LogP contribution in [-0.2, 0) is 11.3 Å². The van der Waals surface area contributed by atoms with Crippen molar-refractivity contribution in [2.24, 2.45) is 0 Å². The standard InChI is InChI=1S/C23H25IN2O4/c1-5-29-20-12-17(10-18(24)21(20)30-14(2)3)11-19-22(27)26(23(28)25-19)13-16-8-6-7-15(4)9-16/h6-12,14H,5,13H2,1-4H3,(H,25,28)/b19-11+. The lowest BCUT2D eigenvalue weighted by molar-refractivity contribution is -0.123. The second kappa shape index (κ2) is 9.51. The van der Waals surface area contributed by atoms with Gasteiger partial charge in [0, 0.05) is 0 Å². The van der Waals surface area contributed by atoms with Gasteiger partial charge >= 0.3 is 6.03 Å². The Balaban J connectivity index is 1.87. The molecule has 158 valence electrons. The molecular weight excluding hydrogens is 495 g/mol. The van der Waals surface area contributed by atoms with E-state index >= 15 is 0 Å². The number of nitrogens with one attached hydrogen (secondary N) is 1. The summed E-state index contributed by atoms with van der Waals surface area (Å²) in [7, 11) is 0. The number of benzene rings is 2. The summed E-state index contributed by atoms with van der Waals surface area (Å²) in [6.45, 7) is 8.51. The zero-order valence-electron chi connectivity index (χ0n) is 17.5. The van der Waals surface area contributed by atoms with Crippen LogP contribution in [0.3, 0.4) is 0 Å². The van der Waals surface area contributed by atoms with Crippen molar-refractivity contribution < 1.29 is 19.1 Å². The first-order valence-electron chi connectivity index (χ1n) is 9.81. The van der Waals surface area contributed by atoms with Gasteiger partial charge in [-0.1, -0.05) is 29.8 Å². The first kappa shape index (κ1) is 22.1. The lowest BCUT2D eigenvalue weighted by Crippen LogP contribution is -2.30. The molecule has 30 heavy (non-hydrogen) atoms. The first-order valence-corrected chi connectivity index (χ1v) is 10.9.